The Kier molecular flexibility index (Phi) is 4.44. The molecular weight excluding hydrogens is 414 g/mol. The van der Waals surface area contributed by atoms with Gasteiger partial charge < -0.3 is 9.30 Å². The number of benzene rings is 2. The van der Waals surface area contributed by atoms with Gasteiger partial charge in [-0.3, -0.25) is 9.89 Å². The fourth-order valence-corrected chi connectivity index (χ4v) is 4.98. The van der Waals surface area contributed by atoms with Crippen LogP contribution >= 0.6 is 0 Å². The first-order valence-electron chi connectivity index (χ1n) is 10.2. The van der Waals surface area contributed by atoms with Crippen LogP contribution in [0, 0.1) is 12.8 Å². The molecule has 2 aromatic heterocycles. The zero-order chi connectivity index (χ0) is 21.9. The van der Waals surface area contributed by atoms with E-state index in [0.29, 0.717) is 34.6 Å². The van der Waals surface area contributed by atoms with E-state index in [1.165, 1.54) is 0 Å². The van der Waals surface area contributed by atoms with Crippen molar-refractivity contribution in [2.24, 2.45) is 13.0 Å². The van der Waals surface area contributed by atoms with E-state index in [4.69, 9.17) is 4.74 Å². The molecule has 0 aliphatic heterocycles. The molecule has 1 aliphatic carbocycles. The Labute approximate surface area is 179 Å². The molecule has 1 saturated carbocycles. The van der Waals surface area contributed by atoms with E-state index in [1.807, 2.05) is 25.1 Å². The summed E-state index contributed by atoms with van der Waals surface area (Å²) in [5.74, 6) is 1.19. The van der Waals surface area contributed by atoms with Gasteiger partial charge in [-0.15, -0.1) is 0 Å². The second kappa shape index (κ2) is 6.95. The molecule has 7 nitrogen and oxygen atoms in total. The van der Waals surface area contributed by atoms with Gasteiger partial charge in [-0.1, -0.05) is 18.2 Å². The van der Waals surface area contributed by atoms with Crippen LogP contribution in [0.2, 0.25) is 0 Å². The predicted octanol–water partition coefficient (Wildman–Crippen LogP) is 3.58. The molecule has 1 fully saturated rings. The summed E-state index contributed by atoms with van der Waals surface area (Å²) in [5, 5.41) is 8.96. The van der Waals surface area contributed by atoms with Crippen molar-refractivity contribution in [1.29, 1.82) is 0 Å². The van der Waals surface area contributed by atoms with Crippen LogP contribution in [-0.2, 0) is 16.9 Å². The van der Waals surface area contributed by atoms with Crippen molar-refractivity contribution in [2.75, 3.05) is 12.9 Å². The molecule has 0 amide bonds. The van der Waals surface area contributed by atoms with Crippen LogP contribution in [0.15, 0.2) is 46.3 Å². The molecular formula is C23H23N3O4S. The number of H-pyrrole nitrogens is 1. The zero-order valence-electron chi connectivity index (χ0n) is 17.6. The number of hydrogen-bond donors (Lipinski definition) is 1. The van der Waals surface area contributed by atoms with Crippen molar-refractivity contribution >= 4 is 31.5 Å². The van der Waals surface area contributed by atoms with Gasteiger partial charge >= 0.3 is 0 Å². The summed E-state index contributed by atoms with van der Waals surface area (Å²) in [7, 11) is -1.79. The molecule has 0 atom stereocenters. The molecule has 1 N–H and O–H groups in total. The quantitative estimate of drug-likeness (QED) is 0.515. The average Bonchev–Trinajstić information content (AvgIpc) is 3.45. The number of ether oxygens (including phenoxy) is 1. The Morgan fingerprint density at radius 1 is 1.23 bits per heavy atom. The van der Waals surface area contributed by atoms with Gasteiger partial charge in [0.25, 0.3) is 5.56 Å². The summed E-state index contributed by atoms with van der Waals surface area (Å²) in [6, 6.07) is 9.24. The maximum absolute atomic E-state index is 12.7. The van der Waals surface area contributed by atoms with Gasteiger partial charge in [0, 0.05) is 47.5 Å². The molecule has 2 aromatic carbocycles. The first-order chi connectivity index (χ1) is 14.8. The smallest absolute Gasteiger partial charge is 0.258 e. The van der Waals surface area contributed by atoms with Gasteiger partial charge in [-0.2, -0.15) is 5.10 Å². The number of pyridine rings is 1. The summed E-state index contributed by atoms with van der Waals surface area (Å²) in [4.78, 5) is 12.7. The van der Waals surface area contributed by atoms with Crippen molar-refractivity contribution in [1.82, 2.24) is 14.8 Å². The lowest BCUT2D eigenvalue weighted by Crippen LogP contribution is -2.16. The molecule has 0 radical (unpaired) electrons. The van der Waals surface area contributed by atoms with Crippen molar-refractivity contribution in [3.05, 3.63) is 52.4 Å². The third-order valence-corrected chi connectivity index (χ3v) is 6.96. The number of fused-ring (bicyclic) bond motifs is 2. The van der Waals surface area contributed by atoms with Crippen LogP contribution in [0.5, 0.6) is 5.75 Å². The first-order valence-corrected chi connectivity index (χ1v) is 12.1. The lowest BCUT2D eigenvalue weighted by molar-refractivity contribution is 0.301. The van der Waals surface area contributed by atoms with Crippen molar-refractivity contribution < 1.29 is 13.2 Å². The summed E-state index contributed by atoms with van der Waals surface area (Å²) in [5.41, 5.74) is 2.82. The number of nitrogens with one attached hydrogen (secondary N) is 1. The molecule has 0 spiro atoms. The van der Waals surface area contributed by atoms with Gasteiger partial charge in [0.1, 0.15) is 5.75 Å². The zero-order valence-corrected chi connectivity index (χ0v) is 18.4. The number of rotatable bonds is 5. The minimum atomic E-state index is -3.51. The first kappa shape index (κ1) is 19.8. The molecule has 4 aromatic rings. The highest BCUT2D eigenvalue weighted by Gasteiger charge is 2.26. The van der Waals surface area contributed by atoms with Crippen molar-refractivity contribution in [2.45, 2.75) is 24.8 Å². The van der Waals surface area contributed by atoms with E-state index in [-0.39, 0.29) is 10.6 Å². The lowest BCUT2D eigenvalue weighted by atomic mass is 9.94. The molecule has 8 heteroatoms. The predicted molar refractivity (Wildman–Crippen MR) is 120 cm³/mol. The minimum Gasteiger partial charge on any atom is -0.493 e. The number of aromatic amines is 1. The van der Waals surface area contributed by atoms with Crippen LogP contribution in [0.3, 0.4) is 0 Å². The van der Waals surface area contributed by atoms with E-state index in [1.54, 1.807) is 29.9 Å². The third kappa shape index (κ3) is 3.31. The Balaban J connectivity index is 1.88. The maximum Gasteiger partial charge on any atom is 0.258 e. The van der Waals surface area contributed by atoms with Crippen LogP contribution < -0.4 is 10.3 Å². The Hall–Kier alpha value is -3.13. The lowest BCUT2D eigenvalue weighted by Gasteiger charge is -2.18. The fraction of sp³-hybridized carbons (Fsp3) is 0.304. The minimum absolute atomic E-state index is 0.0846. The molecule has 0 bridgehead atoms. The number of nitrogens with zero attached hydrogens (tertiary/aromatic N) is 2. The van der Waals surface area contributed by atoms with E-state index in [2.05, 4.69) is 10.2 Å². The molecule has 160 valence electrons. The second-order valence-electron chi connectivity index (χ2n) is 8.35. The number of aryl methyl sites for hydroxylation is 2. The van der Waals surface area contributed by atoms with Gasteiger partial charge in [-0.05, 0) is 42.7 Å². The highest BCUT2D eigenvalue weighted by molar-refractivity contribution is 7.90. The fourth-order valence-electron chi connectivity index (χ4n) is 4.14. The third-order valence-electron chi connectivity index (χ3n) is 5.93. The summed E-state index contributed by atoms with van der Waals surface area (Å²) in [6.07, 6.45) is 5.27. The molecule has 2 heterocycles. The van der Waals surface area contributed by atoms with Gasteiger partial charge in [0.15, 0.2) is 14.9 Å². The molecule has 0 saturated heterocycles. The molecule has 31 heavy (non-hydrogen) atoms. The summed E-state index contributed by atoms with van der Waals surface area (Å²) < 4.78 is 32.5. The van der Waals surface area contributed by atoms with Gasteiger partial charge in [-0.25, -0.2) is 8.42 Å². The van der Waals surface area contributed by atoms with E-state index in [9.17, 15) is 13.2 Å². The van der Waals surface area contributed by atoms with E-state index < -0.39 is 9.84 Å². The van der Waals surface area contributed by atoms with Crippen LogP contribution in [0.1, 0.15) is 18.4 Å². The van der Waals surface area contributed by atoms with Gasteiger partial charge in [0.05, 0.1) is 12.1 Å². The Bertz CT molecular complexity index is 1510. The van der Waals surface area contributed by atoms with Crippen molar-refractivity contribution in [3.63, 3.8) is 0 Å². The highest BCUT2D eigenvalue weighted by Crippen LogP contribution is 2.42. The normalized spacial score (nSPS) is 14.4. The SMILES string of the molecule is Cc1c(-c2cn(C)c(=O)c3ccccc23)c(OCC2CC2)cc2n[nH]c(S(C)(=O)=O)c12. The standard InChI is InChI=1S/C23H23N3O4S/c1-13-20(17-11-26(2)23(27)16-7-5-4-6-15(16)17)19(30-12-14-8-9-14)10-18-21(13)22(25-24-18)31(3,28)29/h4-7,10-11,14H,8-9,12H2,1-3H3,(H,24,25). The number of aromatic nitrogens is 3. The molecule has 5 rings (SSSR count). The number of sulfone groups is 1. The van der Waals surface area contributed by atoms with Crippen LogP contribution in [0.4, 0.5) is 0 Å². The molecule has 0 unspecified atom stereocenters. The van der Waals surface area contributed by atoms with E-state index in [0.717, 1.165) is 41.2 Å². The largest absolute Gasteiger partial charge is 0.493 e. The monoisotopic (exact) mass is 437 g/mol. The van der Waals surface area contributed by atoms with Crippen molar-refractivity contribution in [3.8, 4) is 16.9 Å². The average molecular weight is 438 g/mol. The number of hydrogen-bond acceptors (Lipinski definition) is 5. The Morgan fingerprint density at radius 3 is 2.61 bits per heavy atom. The second-order valence-corrected chi connectivity index (χ2v) is 10.3. The van der Waals surface area contributed by atoms with Crippen LogP contribution in [0.25, 0.3) is 32.8 Å². The van der Waals surface area contributed by atoms with E-state index >= 15 is 0 Å². The summed E-state index contributed by atoms with van der Waals surface area (Å²) in [6.45, 7) is 2.48. The topological polar surface area (TPSA) is 94.1 Å². The Morgan fingerprint density at radius 2 is 1.94 bits per heavy atom. The maximum atomic E-state index is 12.7. The highest BCUT2D eigenvalue weighted by atomic mass is 32.2. The van der Waals surface area contributed by atoms with Gasteiger partial charge in [0.2, 0.25) is 0 Å². The molecule has 1 aliphatic rings. The van der Waals surface area contributed by atoms with Crippen LogP contribution in [-0.4, -0.2) is 36.0 Å². The summed E-state index contributed by atoms with van der Waals surface area (Å²) >= 11 is 0.